The number of carbonyl (C=O) groups is 1. The zero-order chi connectivity index (χ0) is 10.8. The van der Waals surface area contributed by atoms with Gasteiger partial charge in [-0.25, -0.2) is 0 Å². The van der Waals surface area contributed by atoms with Crippen molar-refractivity contribution in [2.45, 2.75) is 19.0 Å². The molecule has 0 bridgehead atoms. The van der Waals surface area contributed by atoms with Crippen LogP contribution in [0, 0.1) is 0 Å². The van der Waals surface area contributed by atoms with Crippen LogP contribution in [0.25, 0.3) is 0 Å². The molecule has 82 valence electrons. The number of H-pyrrole nitrogens is 1. The van der Waals surface area contributed by atoms with E-state index in [2.05, 4.69) is 10.2 Å². The first kappa shape index (κ1) is 10.1. The SMILES string of the molecule is NC(CN1CCc2[nH]ncc2C1)C(=O)O. The first-order chi connectivity index (χ1) is 7.16. The molecule has 0 fully saturated rings. The molecular formula is C9H14N4O2. The molecule has 0 radical (unpaired) electrons. The molecular weight excluding hydrogens is 196 g/mol. The number of fused-ring (bicyclic) bond motifs is 1. The molecule has 2 heterocycles. The molecule has 2 rings (SSSR count). The molecule has 0 saturated heterocycles. The zero-order valence-electron chi connectivity index (χ0n) is 8.31. The van der Waals surface area contributed by atoms with Crippen molar-refractivity contribution in [3.05, 3.63) is 17.5 Å². The van der Waals surface area contributed by atoms with Crippen LogP contribution in [0.3, 0.4) is 0 Å². The zero-order valence-corrected chi connectivity index (χ0v) is 8.31. The van der Waals surface area contributed by atoms with Crippen molar-refractivity contribution in [1.82, 2.24) is 15.1 Å². The van der Waals surface area contributed by atoms with E-state index in [1.807, 2.05) is 4.90 Å². The molecule has 1 aromatic rings. The van der Waals surface area contributed by atoms with Gasteiger partial charge < -0.3 is 10.8 Å². The van der Waals surface area contributed by atoms with Crippen molar-refractivity contribution in [2.75, 3.05) is 13.1 Å². The van der Waals surface area contributed by atoms with E-state index in [1.54, 1.807) is 6.20 Å². The van der Waals surface area contributed by atoms with Gasteiger partial charge in [-0.15, -0.1) is 0 Å². The second-order valence-corrected chi connectivity index (χ2v) is 3.80. The summed E-state index contributed by atoms with van der Waals surface area (Å²) >= 11 is 0. The Hall–Kier alpha value is -1.40. The molecule has 0 amide bonds. The number of aromatic nitrogens is 2. The van der Waals surface area contributed by atoms with Crippen molar-refractivity contribution < 1.29 is 9.90 Å². The van der Waals surface area contributed by atoms with Crippen LogP contribution in [0.2, 0.25) is 0 Å². The Labute approximate surface area is 87.1 Å². The number of nitrogens with two attached hydrogens (primary N) is 1. The first-order valence-electron chi connectivity index (χ1n) is 4.88. The Kier molecular flexibility index (Phi) is 2.70. The van der Waals surface area contributed by atoms with Gasteiger partial charge in [-0.3, -0.25) is 14.8 Å². The second kappa shape index (κ2) is 4.00. The molecule has 15 heavy (non-hydrogen) atoms. The minimum Gasteiger partial charge on any atom is -0.480 e. The number of carboxylic acid groups (broad SMARTS) is 1. The van der Waals surface area contributed by atoms with Gasteiger partial charge in [0.25, 0.3) is 0 Å². The number of rotatable bonds is 3. The standard InChI is InChI=1S/C9H14N4O2/c10-7(9(14)15)5-13-2-1-8-6(4-13)3-11-12-8/h3,7H,1-2,4-5,10H2,(H,11,12)(H,14,15). The summed E-state index contributed by atoms with van der Waals surface area (Å²) in [5.41, 5.74) is 7.76. The van der Waals surface area contributed by atoms with E-state index in [0.29, 0.717) is 6.54 Å². The fourth-order valence-corrected chi connectivity index (χ4v) is 1.79. The van der Waals surface area contributed by atoms with Gasteiger partial charge in [-0.05, 0) is 0 Å². The molecule has 0 spiro atoms. The summed E-state index contributed by atoms with van der Waals surface area (Å²) in [7, 11) is 0. The number of nitrogens with zero attached hydrogens (tertiary/aromatic N) is 2. The lowest BCUT2D eigenvalue weighted by atomic mass is 10.1. The van der Waals surface area contributed by atoms with E-state index in [1.165, 1.54) is 0 Å². The second-order valence-electron chi connectivity index (χ2n) is 3.80. The highest BCUT2D eigenvalue weighted by atomic mass is 16.4. The fraction of sp³-hybridized carbons (Fsp3) is 0.556. The van der Waals surface area contributed by atoms with Crippen LogP contribution in [0.5, 0.6) is 0 Å². The van der Waals surface area contributed by atoms with Crippen molar-refractivity contribution in [1.29, 1.82) is 0 Å². The number of aromatic amines is 1. The molecule has 1 aliphatic heterocycles. The van der Waals surface area contributed by atoms with Gasteiger partial charge in [0.15, 0.2) is 0 Å². The van der Waals surface area contributed by atoms with Crippen molar-refractivity contribution in [2.24, 2.45) is 5.73 Å². The Bertz CT molecular complexity index is 363. The van der Waals surface area contributed by atoms with Gasteiger partial charge in [0, 0.05) is 37.3 Å². The number of nitrogens with one attached hydrogen (secondary N) is 1. The van der Waals surface area contributed by atoms with Crippen LogP contribution in [0.1, 0.15) is 11.3 Å². The topological polar surface area (TPSA) is 95.2 Å². The van der Waals surface area contributed by atoms with Gasteiger partial charge >= 0.3 is 5.97 Å². The Balaban J connectivity index is 1.95. The highest BCUT2D eigenvalue weighted by molar-refractivity contribution is 5.73. The van der Waals surface area contributed by atoms with Gasteiger partial charge in [0.1, 0.15) is 6.04 Å². The lowest BCUT2D eigenvalue weighted by molar-refractivity contribution is -0.139. The molecule has 4 N–H and O–H groups in total. The molecule has 1 unspecified atom stereocenters. The van der Waals surface area contributed by atoms with Crippen LogP contribution in [0.15, 0.2) is 6.20 Å². The maximum atomic E-state index is 10.6. The average Bonchev–Trinajstić information content (AvgIpc) is 2.64. The van der Waals surface area contributed by atoms with Crippen molar-refractivity contribution in [3.63, 3.8) is 0 Å². The van der Waals surface area contributed by atoms with E-state index in [0.717, 1.165) is 30.8 Å². The highest BCUT2D eigenvalue weighted by Crippen LogP contribution is 2.15. The summed E-state index contributed by atoms with van der Waals surface area (Å²) in [6.07, 6.45) is 2.66. The summed E-state index contributed by atoms with van der Waals surface area (Å²) < 4.78 is 0. The number of carboxylic acids is 1. The minimum atomic E-state index is -0.951. The molecule has 1 aromatic heterocycles. The van der Waals surface area contributed by atoms with E-state index in [4.69, 9.17) is 10.8 Å². The maximum absolute atomic E-state index is 10.6. The van der Waals surface area contributed by atoms with Crippen LogP contribution in [-0.4, -0.2) is 45.3 Å². The van der Waals surface area contributed by atoms with E-state index in [-0.39, 0.29) is 0 Å². The maximum Gasteiger partial charge on any atom is 0.321 e. The molecule has 0 saturated carbocycles. The van der Waals surface area contributed by atoms with Crippen LogP contribution in [0.4, 0.5) is 0 Å². The Morgan fingerprint density at radius 2 is 2.60 bits per heavy atom. The van der Waals surface area contributed by atoms with Crippen LogP contribution >= 0.6 is 0 Å². The average molecular weight is 210 g/mol. The lowest BCUT2D eigenvalue weighted by Crippen LogP contribution is -2.44. The van der Waals surface area contributed by atoms with Crippen molar-refractivity contribution in [3.8, 4) is 0 Å². The number of hydrogen-bond donors (Lipinski definition) is 3. The van der Waals surface area contributed by atoms with Gasteiger partial charge in [0.2, 0.25) is 0 Å². The molecule has 6 nitrogen and oxygen atoms in total. The Morgan fingerprint density at radius 3 is 3.33 bits per heavy atom. The first-order valence-corrected chi connectivity index (χ1v) is 4.88. The van der Waals surface area contributed by atoms with Crippen molar-refractivity contribution >= 4 is 5.97 Å². The van der Waals surface area contributed by atoms with Gasteiger partial charge in [-0.1, -0.05) is 0 Å². The van der Waals surface area contributed by atoms with Crippen LogP contribution in [-0.2, 0) is 17.8 Å². The third-order valence-corrected chi connectivity index (χ3v) is 2.65. The third kappa shape index (κ3) is 2.16. The molecule has 6 heteroatoms. The monoisotopic (exact) mass is 210 g/mol. The fourth-order valence-electron chi connectivity index (χ4n) is 1.79. The number of aliphatic carboxylic acids is 1. The Morgan fingerprint density at radius 1 is 1.80 bits per heavy atom. The summed E-state index contributed by atoms with van der Waals surface area (Å²) in [5.74, 6) is -0.951. The molecule has 0 aliphatic carbocycles. The lowest BCUT2D eigenvalue weighted by Gasteiger charge is -2.27. The predicted octanol–water partition coefficient (Wildman–Crippen LogP) is -0.820. The normalized spacial score (nSPS) is 18.5. The molecule has 0 aromatic carbocycles. The summed E-state index contributed by atoms with van der Waals surface area (Å²) in [4.78, 5) is 12.6. The molecule has 1 aliphatic rings. The largest absolute Gasteiger partial charge is 0.480 e. The van der Waals surface area contributed by atoms with Gasteiger partial charge in [-0.2, -0.15) is 5.10 Å². The summed E-state index contributed by atoms with van der Waals surface area (Å²) in [5, 5.41) is 15.6. The predicted molar refractivity (Wildman–Crippen MR) is 53.2 cm³/mol. The van der Waals surface area contributed by atoms with E-state index in [9.17, 15) is 4.79 Å². The van der Waals surface area contributed by atoms with Crippen LogP contribution < -0.4 is 5.73 Å². The smallest absolute Gasteiger partial charge is 0.321 e. The number of hydrogen-bond acceptors (Lipinski definition) is 4. The summed E-state index contributed by atoms with van der Waals surface area (Å²) in [6.45, 7) is 1.95. The van der Waals surface area contributed by atoms with E-state index < -0.39 is 12.0 Å². The summed E-state index contributed by atoms with van der Waals surface area (Å²) in [6, 6.07) is -0.807. The highest BCUT2D eigenvalue weighted by Gasteiger charge is 2.21. The quantitative estimate of drug-likeness (QED) is 0.606. The minimum absolute atomic E-state index is 0.389. The van der Waals surface area contributed by atoms with E-state index >= 15 is 0 Å². The van der Waals surface area contributed by atoms with Gasteiger partial charge in [0.05, 0.1) is 6.20 Å². The third-order valence-electron chi connectivity index (χ3n) is 2.65. The molecule has 1 atom stereocenters.